The Balaban J connectivity index is 1.44. The highest BCUT2D eigenvalue weighted by atomic mass is 32.2. The Kier molecular flexibility index (Phi) is 4.40. The SMILES string of the molecule is C[C@H](Sc1nc2ncccn2n1)C(=O)N[C@@H]1CCCc2ccccc21. The lowest BCUT2D eigenvalue weighted by Crippen LogP contribution is -2.35. The second kappa shape index (κ2) is 6.84. The lowest BCUT2D eigenvalue weighted by atomic mass is 9.88. The molecule has 1 aromatic carbocycles. The quantitative estimate of drug-likeness (QED) is 0.730. The summed E-state index contributed by atoms with van der Waals surface area (Å²) >= 11 is 1.35. The summed E-state index contributed by atoms with van der Waals surface area (Å²) in [5.41, 5.74) is 2.59. The monoisotopic (exact) mass is 353 g/mol. The zero-order valence-corrected chi connectivity index (χ0v) is 14.7. The molecule has 6 nitrogen and oxygen atoms in total. The van der Waals surface area contributed by atoms with Gasteiger partial charge in [0.2, 0.25) is 11.1 Å². The zero-order chi connectivity index (χ0) is 17.2. The Bertz CT molecular complexity index is 876. The van der Waals surface area contributed by atoms with Crippen LogP contribution >= 0.6 is 11.8 Å². The van der Waals surface area contributed by atoms with Gasteiger partial charge in [-0.3, -0.25) is 4.79 Å². The van der Waals surface area contributed by atoms with Gasteiger partial charge >= 0.3 is 0 Å². The molecule has 2 heterocycles. The summed E-state index contributed by atoms with van der Waals surface area (Å²) in [6.45, 7) is 1.88. The first-order chi connectivity index (χ1) is 12.2. The maximum absolute atomic E-state index is 12.6. The van der Waals surface area contributed by atoms with Crippen molar-refractivity contribution in [3.05, 3.63) is 53.9 Å². The molecule has 3 aromatic rings. The van der Waals surface area contributed by atoms with E-state index >= 15 is 0 Å². The molecule has 0 fully saturated rings. The van der Waals surface area contributed by atoms with Gasteiger partial charge in [0.15, 0.2) is 0 Å². The summed E-state index contributed by atoms with van der Waals surface area (Å²) < 4.78 is 1.62. The number of hydrogen-bond donors (Lipinski definition) is 1. The van der Waals surface area contributed by atoms with Crippen LogP contribution in [0, 0.1) is 0 Å². The van der Waals surface area contributed by atoms with Crippen LogP contribution in [0.5, 0.6) is 0 Å². The van der Waals surface area contributed by atoms with Crippen LogP contribution in [0.3, 0.4) is 0 Å². The van der Waals surface area contributed by atoms with Crippen LogP contribution in [-0.2, 0) is 11.2 Å². The topological polar surface area (TPSA) is 72.2 Å². The third-order valence-electron chi connectivity index (χ3n) is 4.43. The van der Waals surface area contributed by atoms with E-state index in [-0.39, 0.29) is 17.2 Å². The van der Waals surface area contributed by atoms with Gasteiger partial charge in [0.1, 0.15) is 0 Å². The summed E-state index contributed by atoms with van der Waals surface area (Å²) in [6.07, 6.45) is 6.64. The highest BCUT2D eigenvalue weighted by Gasteiger charge is 2.24. The van der Waals surface area contributed by atoms with Crippen LogP contribution in [0.1, 0.15) is 36.9 Å². The molecule has 1 N–H and O–H groups in total. The number of amides is 1. The van der Waals surface area contributed by atoms with Crippen molar-refractivity contribution in [3.8, 4) is 0 Å². The van der Waals surface area contributed by atoms with Gasteiger partial charge in [-0.1, -0.05) is 36.0 Å². The predicted octanol–water partition coefficient (Wildman–Crippen LogP) is 2.80. The number of nitrogens with zero attached hydrogens (tertiary/aromatic N) is 4. The minimum atomic E-state index is -0.272. The molecule has 0 unspecified atom stereocenters. The molecule has 1 amide bonds. The van der Waals surface area contributed by atoms with Crippen molar-refractivity contribution < 1.29 is 4.79 Å². The fourth-order valence-electron chi connectivity index (χ4n) is 3.17. The average molecular weight is 353 g/mol. The van der Waals surface area contributed by atoms with Gasteiger partial charge in [-0.25, -0.2) is 9.50 Å². The Morgan fingerprint density at radius 1 is 1.36 bits per heavy atom. The third-order valence-corrected chi connectivity index (χ3v) is 5.39. The summed E-state index contributed by atoms with van der Waals surface area (Å²) in [5.74, 6) is 0.553. The lowest BCUT2D eigenvalue weighted by molar-refractivity contribution is -0.121. The van der Waals surface area contributed by atoms with Crippen molar-refractivity contribution in [2.24, 2.45) is 0 Å². The van der Waals surface area contributed by atoms with Crippen molar-refractivity contribution in [2.45, 2.75) is 42.6 Å². The standard InChI is InChI=1S/C18H19N5OS/c1-12(25-18-21-17-19-10-5-11-23(17)22-18)16(24)20-15-9-4-7-13-6-2-3-8-14(13)15/h2-3,5-6,8,10-12,15H,4,7,9H2,1H3,(H,20,24)/t12-,15+/m0/s1. The Morgan fingerprint density at radius 2 is 2.24 bits per heavy atom. The van der Waals surface area contributed by atoms with E-state index in [1.54, 1.807) is 23.0 Å². The number of aromatic nitrogens is 4. The van der Waals surface area contributed by atoms with Gasteiger partial charge in [-0.2, -0.15) is 4.98 Å². The largest absolute Gasteiger partial charge is 0.348 e. The first kappa shape index (κ1) is 16.1. The minimum Gasteiger partial charge on any atom is -0.348 e. The van der Waals surface area contributed by atoms with Crippen molar-refractivity contribution in [1.29, 1.82) is 0 Å². The first-order valence-corrected chi connectivity index (χ1v) is 9.31. The Labute approximate surface area is 150 Å². The number of carbonyl (C=O) groups is 1. The number of aryl methyl sites for hydroxylation is 1. The van der Waals surface area contributed by atoms with Crippen LogP contribution in [0.15, 0.2) is 47.9 Å². The van der Waals surface area contributed by atoms with E-state index < -0.39 is 0 Å². The van der Waals surface area contributed by atoms with Gasteiger partial charge in [0.05, 0.1) is 11.3 Å². The van der Waals surface area contributed by atoms with Gasteiger partial charge < -0.3 is 5.32 Å². The van der Waals surface area contributed by atoms with E-state index in [0.717, 1.165) is 19.3 Å². The number of thioether (sulfide) groups is 1. The smallest absolute Gasteiger partial charge is 0.253 e. The van der Waals surface area contributed by atoms with E-state index in [2.05, 4.69) is 38.6 Å². The molecular formula is C18H19N5OS. The fourth-order valence-corrected chi connectivity index (χ4v) is 3.93. The molecular weight excluding hydrogens is 334 g/mol. The van der Waals surface area contributed by atoms with Crippen molar-refractivity contribution >= 4 is 23.4 Å². The van der Waals surface area contributed by atoms with Crippen LogP contribution in [-0.4, -0.2) is 30.7 Å². The maximum Gasteiger partial charge on any atom is 0.253 e. The van der Waals surface area contributed by atoms with Gasteiger partial charge in [0, 0.05) is 12.4 Å². The van der Waals surface area contributed by atoms with Crippen molar-refractivity contribution in [2.75, 3.05) is 0 Å². The summed E-state index contributed by atoms with van der Waals surface area (Å²) in [6, 6.07) is 10.3. The van der Waals surface area contributed by atoms with Crippen LogP contribution in [0.4, 0.5) is 0 Å². The minimum absolute atomic E-state index is 0.0125. The molecule has 2 aromatic heterocycles. The van der Waals surface area contributed by atoms with E-state index in [1.165, 1.54) is 22.9 Å². The fraction of sp³-hybridized carbons (Fsp3) is 0.333. The molecule has 4 rings (SSSR count). The average Bonchev–Trinajstić information content (AvgIpc) is 3.04. The molecule has 0 bridgehead atoms. The molecule has 0 saturated carbocycles. The summed E-state index contributed by atoms with van der Waals surface area (Å²) in [4.78, 5) is 21.1. The highest BCUT2D eigenvalue weighted by Crippen LogP contribution is 2.30. The van der Waals surface area contributed by atoms with Crippen LogP contribution < -0.4 is 5.32 Å². The number of fused-ring (bicyclic) bond motifs is 2. The number of carbonyl (C=O) groups excluding carboxylic acids is 1. The highest BCUT2D eigenvalue weighted by molar-refractivity contribution is 8.00. The number of nitrogens with one attached hydrogen (secondary N) is 1. The van der Waals surface area contributed by atoms with E-state index in [9.17, 15) is 4.79 Å². The maximum atomic E-state index is 12.6. The first-order valence-electron chi connectivity index (χ1n) is 8.43. The van der Waals surface area contributed by atoms with Crippen molar-refractivity contribution in [1.82, 2.24) is 24.9 Å². The number of rotatable bonds is 4. The van der Waals surface area contributed by atoms with Crippen LogP contribution in [0.25, 0.3) is 5.78 Å². The number of hydrogen-bond acceptors (Lipinski definition) is 5. The second-order valence-electron chi connectivity index (χ2n) is 6.17. The molecule has 7 heteroatoms. The van der Waals surface area contributed by atoms with Crippen molar-refractivity contribution in [3.63, 3.8) is 0 Å². The second-order valence-corrected chi connectivity index (χ2v) is 7.48. The van der Waals surface area contributed by atoms with Gasteiger partial charge in [-0.15, -0.1) is 5.10 Å². The number of benzene rings is 1. The lowest BCUT2D eigenvalue weighted by Gasteiger charge is -2.27. The molecule has 1 aliphatic rings. The van der Waals surface area contributed by atoms with E-state index in [4.69, 9.17) is 0 Å². The molecule has 25 heavy (non-hydrogen) atoms. The molecule has 128 valence electrons. The van der Waals surface area contributed by atoms with E-state index in [0.29, 0.717) is 10.9 Å². The Morgan fingerprint density at radius 3 is 3.12 bits per heavy atom. The molecule has 0 radical (unpaired) electrons. The molecule has 0 aliphatic heterocycles. The van der Waals surface area contributed by atoms with E-state index in [1.807, 2.05) is 13.0 Å². The van der Waals surface area contributed by atoms with Gasteiger partial charge in [-0.05, 0) is 43.4 Å². The summed E-state index contributed by atoms with van der Waals surface area (Å²) in [5, 5.41) is 7.82. The van der Waals surface area contributed by atoms with Gasteiger partial charge in [0.25, 0.3) is 5.78 Å². The Hall–Kier alpha value is -2.41. The molecule has 0 spiro atoms. The normalized spacial score (nSPS) is 17.9. The molecule has 1 aliphatic carbocycles. The predicted molar refractivity (Wildman–Crippen MR) is 96.4 cm³/mol. The molecule has 0 saturated heterocycles. The van der Waals surface area contributed by atoms with Crippen LogP contribution in [0.2, 0.25) is 0 Å². The molecule has 2 atom stereocenters. The third kappa shape index (κ3) is 3.37. The summed E-state index contributed by atoms with van der Waals surface area (Å²) in [7, 11) is 0. The zero-order valence-electron chi connectivity index (χ0n) is 13.9.